The number of hydrogen-bond acceptors (Lipinski definition) is 4. The molecule has 1 aromatic heterocycles. The minimum atomic E-state index is 0.184. The lowest BCUT2D eigenvalue weighted by Crippen LogP contribution is -2.20. The third kappa shape index (κ3) is 5.46. The average molecular weight is 302 g/mol. The Morgan fingerprint density at radius 2 is 2.18 bits per heavy atom. The first-order valence-corrected chi connectivity index (χ1v) is 6.84. The van der Waals surface area contributed by atoms with Crippen LogP contribution in [0.25, 0.3) is 0 Å². The maximum Gasteiger partial charge on any atom is 0.132 e. The fourth-order valence-corrected chi connectivity index (χ4v) is 1.90. The monoisotopic (exact) mass is 301 g/mol. The molecule has 1 heterocycles. The molecule has 0 saturated carbocycles. The van der Waals surface area contributed by atoms with Crippen LogP contribution >= 0.6 is 15.9 Å². The second-order valence-corrected chi connectivity index (χ2v) is 4.70. The van der Waals surface area contributed by atoms with E-state index in [-0.39, 0.29) is 6.10 Å². The van der Waals surface area contributed by atoms with Gasteiger partial charge in [0.15, 0.2) is 0 Å². The fourth-order valence-electron chi connectivity index (χ4n) is 1.48. The lowest BCUT2D eigenvalue weighted by atomic mass is 10.3. The highest BCUT2D eigenvalue weighted by Gasteiger charge is 2.04. The summed E-state index contributed by atoms with van der Waals surface area (Å²) in [6.45, 7) is 7.64. The Hall–Kier alpha value is -0.680. The van der Waals surface area contributed by atoms with Crippen LogP contribution < -0.4 is 5.32 Å². The summed E-state index contributed by atoms with van der Waals surface area (Å²) in [5, 5.41) is 3.26. The summed E-state index contributed by atoms with van der Waals surface area (Å²) in [6.07, 6.45) is 2.13. The van der Waals surface area contributed by atoms with E-state index < -0.39 is 0 Å². The molecule has 0 aliphatic rings. The van der Waals surface area contributed by atoms with E-state index >= 15 is 0 Å². The number of rotatable bonds is 7. The molecule has 0 aromatic carbocycles. The van der Waals surface area contributed by atoms with Crippen molar-refractivity contribution in [3.63, 3.8) is 0 Å². The zero-order valence-electron chi connectivity index (χ0n) is 10.7. The van der Waals surface area contributed by atoms with Gasteiger partial charge in [0.25, 0.3) is 0 Å². The molecule has 96 valence electrons. The van der Waals surface area contributed by atoms with Gasteiger partial charge in [-0.05, 0) is 36.2 Å². The quantitative estimate of drug-likeness (QED) is 0.787. The van der Waals surface area contributed by atoms with Crippen molar-refractivity contribution in [3.8, 4) is 0 Å². The molecule has 1 atom stereocenters. The molecule has 0 fully saturated rings. The van der Waals surface area contributed by atoms with Crippen molar-refractivity contribution >= 4 is 21.7 Å². The maximum atomic E-state index is 5.45. The summed E-state index contributed by atoms with van der Waals surface area (Å²) in [6, 6.07) is 1.89. The number of aromatic nitrogens is 2. The van der Waals surface area contributed by atoms with Crippen molar-refractivity contribution in [1.29, 1.82) is 0 Å². The first kappa shape index (κ1) is 14.4. The number of aryl methyl sites for hydroxylation is 1. The molecule has 1 aromatic rings. The van der Waals surface area contributed by atoms with Gasteiger partial charge < -0.3 is 10.1 Å². The Labute approximate surface area is 111 Å². The van der Waals surface area contributed by atoms with Crippen LogP contribution in [0.5, 0.6) is 0 Å². The van der Waals surface area contributed by atoms with Gasteiger partial charge in [-0.3, -0.25) is 0 Å². The molecule has 0 amide bonds. The van der Waals surface area contributed by atoms with Crippen LogP contribution in [0, 0.1) is 0 Å². The third-order valence-corrected chi connectivity index (χ3v) is 2.64. The van der Waals surface area contributed by atoms with Gasteiger partial charge in [-0.25, -0.2) is 9.97 Å². The Bertz CT molecular complexity index is 347. The molecule has 0 aliphatic carbocycles. The van der Waals surface area contributed by atoms with Gasteiger partial charge in [-0.1, -0.05) is 6.92 Å². The van der Waals surface area contributed by atoms with Crippen LogP contribution in [0.2, 0.25) is 0 Å². The second-order valence-electron chi connectivity index (χ2n) is 3.89. The van der Waals surface area contributed by atoms with E-state index in [1.54, 1.807) is 0 Å². The predicted octanol–water partition coefficient (Wildman–Crippen LogP) is 3.03. The molecule has 0 aliphatic heterocycles. The highest BCUT2D eigenvalue weighted by molar-refractivity contribution is 9.10. The first-order chi connectivity index (χ1) is 8.15. The molecule has 0 radical (unpaired) electrons. The smallest absolute Gasteiger partial charge is 0.132 e. The van der Waals surface area contributed by atoms with E-state index in [2.05, 4.69) is 38.1 Å². The third-order valence-electron chi connectivity index (χ3n) is 2.24. The van der Waals surface area contributed by atoms with E-state index in [0.29, 0.717) is 0 Å². The van der Waals surface area contributed by atoms with Crippen molar-refractivity contribution in [3.05, 3.63) is 16.5 Å². The largest absolute Gasteiger partial charge is 0.377 e. The molecule has 0 spiro atoms. The number of nitrogens with one attached hydrogen (secondary N) is 1. The van der Waals surface area contributed by atoms with Crippen molar-refractivity contribution in [2.45, 2.75) is 39.7 Å². The van der Waals surface area contributed by atoms with E-state index in [4.69, 9.17) is 4.74 Å². The minimum Gasteiger partial charge on any atom is -0.377 e. The van der Waals surface area contributed by atoms with Gasteiger partial charge in [0.2, 0.25) is 0 Å². The number of ether oxygens (including phenoxy) is 1. The lowest BCUT2D eigenvalue weighted by molar-refractivity contribution is 0.0855. The highest BCUT2D eigenvalue weighted by atomic mass is 79.9. The van der Waals surface area contributed by atoms with Crippen LogP contribution in [0.3, 0.4) is 0 Å². The zero-order chi connectivity index (χ0) is 12.7. The molecule has 1 unspecified atom stereocenters. The summed E-state index contributed by atoms with van der Waals surface area (Å²) in [5.41, 5.74) is 0. The van der Waals surface area contributed by atoms with Gasteiger partial charge in [-0.15, -0.1) is 0 Å². The normalized spacial score (nSPS) is 12.5. The Kier molecular flexibility index (Phi) is 6.44. The number of halogens is 1. The first-order valence-electron chi connectivity index (χ1n) is 6.04. The van der Waals surface area contributed by atoms with Crippen LogP contribution in [0.1, 0.15) is 33.0 Å². The standard InChI is InChI=1S/C12H20BrN3O/c1-4-6-11-15-10(13)7-12(16-11)14-8-9(3)17-5-2/h7,9H,4-6,8H2,1-3H3,(H,14,15,16). The summed E-state index contributed by atoms with van der Waals surface area (Å²) in [7, 11) is 0. The van der Waals surface area contributed by atoms with Crippen LogP contribution in [0.15, 0.2) is 10.7 Å². The topological polar surface area (TPSA) is 47.0 Å². The Balaban J connectivity index is 2.57. The maximum absolute atomic E-state index is 5.45. The molecular formula is C12H20BrN3O. The summed E-state index contributed by atoms with van der Waals surface area (Å²) in [4.78, 5) is 8.77. The molecule has 1 N–H and O–H groups in total. The number of nitrogens with zero attached hydrogens (tertiary/aromatic N) is 2. The lowest BCUT2D eigenvalue weighted by Gasteiger charge is -2.13. The minimum absolute atomic E-state index is 0.184. The van der Waals surface area contributed by atoms with E-state index in [9.17, 15) is 0 Å². The van der Waals surface area contributed by atoms with Crippen molar-refractivity contribution < 1.29 is 4.74 Å². The molecule has 0 saturated heterocycles. The van der Waals surface area contributed by atoms with E-state index in [1.807, 2.05) is 19.9 Å². The average Bonchev–Trinajstić information content (AvgIpc) is 2.26. The Morgan fingerprint density at radius 1 is 1.41 bits per heavy atom. The van der Waals surface area contributed by atoms with Crippen LogP contribution in [-0.2, 0) is 11.2 Å². The van der Waals surface area contributed by atoms with Crippen LogP contribution in [0.4, 0.5) is 5.82 Å². The Morgan fingerprint density at radius 3 is 2.82 bits per heavy atom. The van der Waals surface area contributed by atoms with Crippen molar-refractivity contribution in [2.75, 3.05) is 18.5 Å². The van der Waals surface area contributed by atoms with Crippen LogP contribution in [-0.4, -0.2) is 29.2 Å². The van der Waals surface area contributed by atoms with Gasteiger partial charge >= 0.3 is 0 Å². The summed E-state index contributed by atoms with van der Waals surface area (Å²) in [5.74, 6) is 1.72. The van der Waals surface area contributed by atoms with Crippen molar-refractivity contribution in [1.82, 2.24) is 9.97 Å². The fraction of sp³-hybridized carbons (Fsp3) is 0.667. The number of anilines is 1. The van der Waals surface area contributed by atoms with E-state index in [1.165, 1.54) is 0 Å². The van der Waals surface area contributed by atoms with E-state index in [0.717, 1.165) is 42.2 Å². The molecule has 5 heteroatoms. The summed E-state index contributed by atoms with van der Waals surface area (Å²) >= 11 is 3.40. The molecular weight excluding hydrogens is 282 g/mol. The van der Waals surface area contributed by atoms with Gasteiger partial charge in [0, 0.05) is 25.6 Å². The summed E-state index contributed by atoms with van der Waals surface area (Å²) < 4.78 is 6.28. The predicted molar refractivity (Wildman–Crippen MR) is 73.3 cm³/mol. The molecule has 4 nitrogen and oxygen atoms in total. The number of hydrogen-bond donors (Lipinski definition) is 1. The molecule has 0 bridgehead atoms. The van der Waals surface area contributed by atoms with Gasteiger partial charge in [0.05, 0.1) is 6.10 Å². The zero-order valence-corrected chi connectivity index (χ0v) is 12.2. The SMILES string of the molecule is CCCc1nc(Br)cc(NCC(C)OCC)n1. The molecule has 1 rings (SSSR count). The molecule has 17 heavy (non-hydrogen) atoms. The highest BCUT2D eigenvalue weighted by Crippen LogP contribution is 2.13. The van der Waals surface area contributed by atoms with Crippen molar-refractivity contribution in [2.24, 2.45) is 0 Å². The van der Waals surface area contributed by atoms with Gasteiger partial charge in [-0.2, -0.15) is 0 Å². The second kappa shape index (κ2) is 7.61. The van der Waals surface area contributed by atoms with Gasteiger partial charge in [0.1, 0.15) is 16.2 Å².